The van der Waals surface area contributed by atoms with Gasteiger partial charge in [0.1, 0.15) is 18.5 Å². The van der Waals surface area contributed by atoms with E-state index in [4.69, 9.17) is 4.74 Å². The second-order valence-corrected chi connectivity index (χ2v) is 7.41. The molecule has 0 aliphatic carbocycles. The quantitative estimate of drug-likeness (QED) is 0.215. The smallest absolute Gasteiger partial charge is 0.191 e. The van der Waals surface area contributed by atoms with Crippen LogP contribution in [0.3, 0.4) is 0 Å². The SMILES string of the molecule is CCNC(=NCC(O)COc1cccc(C)c1)NC(C)c1cccc(-n2cccn2)c1.I. The highest BCUT2D eigenvalue weighted by atomic mass is 127. The minimum atomic E-state index is -0.700. The van der Waals surface area contributed by atoms with Crippen LogP contribution in [0.15, 0.2) is 72.0 Å². The van der Waals surface area contributed by atoms with Crippen LogP contribution in [0.25, 0.3) is 5.69 Å². The standard InChI is InChI=1S/C24H31N5O2.HI/c1-4-25-24(26-16-22(30)17-31-23-11-5-8-18(2)14-23)28-19(3)20-9-6-10-21(15-20)29-13-7-12-27-29;/h5-15,19,22,30H,4,16-17H2,1-3H3,(H2,25,26,28);1H. The lowest BCUT2D eigenvalue weighted by atomic mass is 10.1. The van der Waals surface area contributed by atoms with Gasteiger partial charge >= 0.3 is 0 Å². The Morgan fingerprint density at radius 2 is 2.00 bits per heavy atom. The number of hydrogen-bond acceptors (Lipinski definition) is 4. The Balaban J connectivity index is 0.00000363. The van der Waals surface area contributed by atoms with Gasteiger partial charge in [0.15, 0.2) is 5.96 Å². The molecule has 1 aromatic heterocycles. The van der Waals surface area contributed by atoms with E-state index in [2.05, 4.69) is 39.8 Å². The van der Waals surface area contributed by atoms with E-state index in [1.807, 2.05) is 67.2 Å². The van der Waals surface area contributed by atoms with Crippen molar-refractivity contribution >= 4 is 29.9 Å². The molecule has 0 bridgehead atoms. The monoisotopic (exact) mass is 549 g/mol. The highest BCUT2D eigenvalue weighted by Crippen LogP contribution is 2.16. The molecule has 0 aliphatic heterocycles. The number of aliphatic hydroxyl groups excluding tert-OH is 1. The van der Waals surface area contributed by atoms with E-state index in [0.29, 0.717) is 5.96 Å². The molecule has 3 rings (SSSR count). The number of ether oxygens (including phenoxy) is 1. The van der Waals surface area contributed by atoms with Crippen molar-refractivity contribution in [2.75, 3.05) is 19.7 Å². The van der Waals surface area contributed by atoms with E-state index in [1.165, 1.54) is 0 Å². The molecule has 1 heterocycles. The summed E-state index contributed by atoms with van der Waals surface area (Å²) in [6.07, 6.45) is 2.98. The predicted octanol–water partition coefficient (Wildman–Crippen LogP) is 3.85. The Morgan fingerprint density at radius 1 is 1.19 bits per heavy atom. The summed E-state index contributed by atoms with van der Waals surface area (Å²) < 4.78 is 7.50. The summed E-state index contributed by atoms with van der Waals surface area (Å²) in [7, 11) is 0. The molecule has 2 aromatic carbocycles. The molecule has 0 saturated carbocycles. The molecule has 172 valence electrons. The number of aliphatic hydroxyl groups is 1. The van der Waals surface area contributed by atoms with Crippen LogP contribution in [0.2, 0.25) is 0 Å². The maximum Gasteiger partial charge on any atom is 0.191 e. The number of aliphatic imine (C=N–C) groups is 1. The Bertz CT molecular complexity index is 978. The van der Waals surface area contributed by atoms with Crippen LogP contribution in [0.4, 0.5) is 0 Å². The zero-order chi connectivity index (χ0) is 22.1. The molecule has 7 nitrogen and oxygen atoms in total. The lowest BCUT2D eigenvalue weighted by Crippen LogP contribution is -2.39. The number of hydrogen-bond donors (Lipinski definition) is 3. The number of benzene rings is 2. The number of rotatable bonds is 9. The fraction of sp³-hybridized carbons (Fsp3) is 0.333. The zero-order valence-electron chi connectivity index (χ0n) is 18.7. The fourth-order valence-corrected chi connectivity index (χ4v) is 3.11. The molecule has 0 saturated heterocycles. The Kier molecular flexibility index (Phi) is 10.5. The van der Waals surface area contributed by atoms with Crippen LogP contribution in [-0.4, -0.2) is 46.6 Å². The van der Waals surface area contributed by atoms with Crippen molar-refractivity contribution in [2.45, 2.75) is 32.9 Å². The van der Waals surface area contributed by atoms with Crippen molar-refractivity contribution in [1.82, 2.24) is 20.4 Å². The van der Waals surface area contributed by atoms with Gasteiger partial charge in [-0.3, -0.25) is 4.99 Å². The third-order valence-corrected chi connectivity index (χ3v) is 4.73. The number of aryl methyl sites for hydroxylation is 1. The van der Waals surface area contributed by atoms with Gasteiger partial charge in [-0.1, -0.05) is 24.3 Å². The van der Waals surface area contributed by atoms with Crippen molar-refractivity contribution in [3.8, 4) is 11.4 Å². The third-order valence-electron chi connectivity index (χ3n) is 4.73. The third kappa shape index (κ3) is 7.83. The molecule has 0 radical (unpaired) electrons. The lowest BCUT2D eigenvalue weighted by Gasteiger charge is -2.19. The van der Waals surface area contributed by atoms with E-state index in [0.717, 1.165) is 29.1 Å². The maximum absolute atomic E-state index is 10.3. The lowest BCUT2D eigenvalue weighted by molar-refractivity contribution is 0.114. The average Bonchev–Trinajstić information content (AvgIpc) is 3.31. The molecule has 2 atom stereocenters. The number of aromatic nitrogens is 2. The largest absolute Gasteiger partial charge is 0.491 e. The van der Waals surface area contributed by atoms with Gasteiger partial charge in [0.25, 0.3) is 0 Å². The second kappa shape index (κ2) is 13.1. The van der Waals surface area contributed by atoms with Crippen LogP contribution < -0.4 is 15.4 Å². The normalized spacial score (nSPS) is 13.1. The van der Waals surface area contributed by atoms with E-state index in [1.54, 1.807) is 6.20 Å². The molecule has 0 spiro atoms. The number of halogens is 1. The van der Waals surface area contributed by atoms with Crippen LogP contribution in [0, 0.1) is 6.92 Å². The van der Waals surface area contributed by atoms with Gasteiger partial charge in [-0.05, 0) is 62.2 Å². The summed E-state index contributed by atoms with van der Waals surface area (Å²) in [6.45, 7) is 7.24. The summed E-state index contributed by atoms with van der Waals surface area (Å²) in [5, 5.41) is 21.2. The molecule has 0 aliphatic rings. The van der Waals surface area contributed by atoms with Crippen molar-refractivity contribution < 1.29 is 9.84 Å². The summed E-state index contributed by atoms with van der Waals surface area (Å²) in [5.41, 5.74) is 3.23. The summed E-state index contributed by atoms with van der Waals surface area (Å²) in [6, 6.07) is 17.9. The van der Waals surface area contributed by atoms with Gasteiger partial charge in [0.2, 0.25) is 0 Å². The van der Waals surface area contributed by atoms with Crippen molar-refractivity contribution in [1.29, 1.82) is 0 Å². The van der Waals surface area contributed by atoms with Gasteiger partial charge in [0.05, 0.1) is 18.3 Å². The minimum absolute atomic E-state index is 0. The van der Waals surface area contributed by atoms with Gasteiger partial charge in [-0.15, -0.1) is 24.0 Å². The highest BCUT2D eigenvalue weighted by molar-refractivity contribution is 14.0. The van der Waals surface area contributed by atoms with Crippen molar-refractivity contribution in [2.24, 2.45) is 4.99 Å². The highest BCUT2D eigenvalue weighted by Gasteiger charge is 2.11. The number of nitrogens with zero attached hydrogens (tertiary/aromatic N) is 3. The first-order valence-corrected chi connectivity index (χ1v) is 10.6. The van der Waals surface area contributed by atoms with Gasteiger partial charge in [-0.2, -0.15) is 5.10 Å². The van der Waals surface area contributed by atoms with Crippen LogP contribution in [0.5, 0.6) is 5.75 Å². The van der Waals surface area contributed by atoms with Crippen LogP contribution in [0.1, 0.15) is 31.0 Å². The van der Waals surface area contributed by atoms with E-state index in [-0.39, 0.29) is 43.2 Å². The summed E-state index contributed by atoms with van der Waals surface area (Å²) in [4.78, 5) is 4.53. The summed E-state index contributed by atoms with van der Waals surface area (Å²) >= 11 is 0. The molecule has 32 heavy (non-hydrogen) atoms. The zero-order valence-corrected chi connectivity index (χ0v) is 21.1. The first-order valence-electron chi connectivity index (χ1n) is 10.6. The summed E-state index contributed by atoms with van der Waals surface area (Å²) in [5.74, 6) is 1.40. The molecular weight excluding hydrogens is 517 g/mol. The van der Waals surface area contributed by atoms with Gasteiger partial charge in [-0.25, -0.2) is 4.68 Å². The van der Waals surface area contributed by atoms with Crippen LogP contribution >= 0.6 is 24.0 Å². The van der Waals surface area contributed by atoms with E-state index >= 15 is 0 Å². The number of nitrogens with one attached hydrogen (secondary N) is 2. The first kappa shape index (κ1) is 25.7. The predicted molar refractivity (Wildman–Crippen MR) is 139 cm³/mol. The van der Waals surface area contributed by atoms with Crippen LogP contribution in [-0.2, 0) is 0 Å². The van der Waals surface area contributed by atoms with Gasteiger partial charge < -0.3 is 20.5 Å². The molecule has 0 fully saturated rings. The Labute approximate surface area is 206 Å². The molecule has 0 amide bonds. The van der Waals surface area contributed by atoms with E-state index in [9.17, 15) is 5.11 Å². The number of guanidine groups is 1. The van der Waals surface area contributed by atoms with Crippen molar-refractivity contribution in [3.63, 3.8) is 0 Å². The Hall–Kier alpha value is -2.59. The minimum Gasteiger partial charge on any atom is -0.491 e. The van der Waals surface area contributed by atoms with Crippen molar-refractivity contribution in [3.05, 3.63) is 78.1 Å². The second-order valence-electron chi connectivity index (χ2n) is 7.41. The molecular formula is C24H32IN5O2. The molecule has 3 N–H and O–H groups in total. The maximum atomic E-state index is 10.3. The molecule has 2 unspecified atom stereocenters. The first-order chi connectivity index (χ1) is 15.0. The van der Waals surface area contributed by atoms with E-state index < -0.39 is 6.10 Å². The Morgan fingerprint density at radius 3 is 2.72 bits per heavy atom. The fourth-order valence-electron chi connectivity index (χ4n) is 3.11. The topological polar surface area (TPSA) is 83.7 Å². The molecule has 8 heteroatoms. The average molecular weight is 549 g/mol. The van der Waals surface area contributed by atoms with Gasteiger partial charge in [0, 0.05) is 18.9 Å². The molecule has 3 aromatic rings.